The number of halogens is 3. The van der Waals surface area contributed by atoms with E-state index in [1.165, 1.54) is 12.1 Å². The largest absolute Gasteiger partial charge is 0.418 e. The minimum absolute atomic E-state index is 0.129. The van der Waals surface area contributed by atoms with Crippen molar-refractivity contribution < 1.29 is 18.0 Å². The van der Waals surface area contributed by atoms with Gasteiger partial charge in [0.2, 0.25) is 0 Å². The number of para-hydroxylation sites is 1. The van der Waals surface area contributed by atoms with Gasteiger partial charge in [0.15, 0.2) is 0 Å². The minimum Gasteiger partial charge on any atom is -0.398 e. The van der Waals surface area contributed by atoms with Crippen LogP contribution < -0.4 is 11.1 Å². The number of nitrogens with zero attached hydrogens (tertiary/aromatic N) is 1. The van der Waals surface area contributed by atoms with E-state index >= 15 is 0 Å². The van der Waals surface area contributed by atoms with Gasteiger partial charge in [0.1, 0.15) is 0 Å². The highest BCUT2D eigenvalue weighted by Crippen LogP contribution is 2.34. The highest BCUT2D eigenvalue weighted by atomic mass is 19.4. The van der Waals surface area contributed by atoms with Crippen molar-refractivity contribution in [3.8, 4) is 0 Å². The topological polar surface area (TPSA) is 58.4 Å². The van der Waals surface area contributed by atoms with Crippen molar-refractivity contribution >= 4 is 11.6 Å². The van der Waals surface area contributed by atoms with Gasteiger partial charge in [0.25, 0.3) is 5.91 Å². The Balaban J connectivity index is 2.06. The van der Waals surface area contributed by atoms with Gasteiger partial charge in [-0.25, -0.2) is 0 Å². The van der Waals surface area contributed by atoms with Crippen LogP contribution in [0.4, 0.5) is 18.9 Å². The molecule has 0 bridgehead atoms. The fraction of sp³-hybridized carbons (Fsp3) is 0.500. The van der Waals surface area contributed by atoms with Crippen molar-refractivity contribution in [2.45, 2.75) is 12.6 Å². The number of nitrogens with two attached hydrogens (primary N) is 1. The average Bonchev–Trinajstić information content (AvgIpc) is 2.80. The SMILES string of the molecule is CN1CCC(CNC(=O)c2cccc(C(F)(F)F)c2N)C1. The summed E-state index contributed by atoms with van der Waals surface area (Å²) in [7, 11) is 1.99. The number of nitrogen functional groups attached to an aromatic ring is 1. The molecule has 7 heteroatoms. The van der Waals surface area contributed by atoms with Crippen molar-refractivity contribution in [2.24, 2.45) is 5.92 Å². The number of rotatable bonds is 3. The van der Waals surface area contributed by atoms with Gasteiger partial charge in [-0.1, -0.05) is 6.07 Å². The molecule has 1 atom stereocenters. The zero-order valence-corrected chi connectivity index (χ0v) is 11.7. The van der Waals surface area contributed by atoms with E-state index in [1.807, 2.05) is 7.05 Å². The number of likely N-dealkylation sites (tertiary alicyclic amines) is 1. The molecule has 116 valence electrons. The van der Waals surface area contributed by atoms with Gasteiger partial charge in [-0.3, -0.25) is 4.79 Å². The van der Waals surface area contributed by atoms with Crippen molar-refractivity contribution in [2.75, 3.05) is 32.4 Å². The summed E-state index contributed by atoms with van der Waals surface area (Å²) in [6.07, 6.45) is -3.59. The van der Waals surface area contributed by atoms with Crippen LogP contribution in [0.3, 0.4) is 0 Å². The summed E-state index contributed by atoms with van der Waals surface area (Å²) >= 11 is 0. The van der Waals surface area contributed by atoms with Gasteiger partial charge in [-0.05, 0) is 38.1 Å². The summed E-state index contributed by atoms with van der Waals surface area (Å²) in [5.74, 6) is -0.237. The van der Waals surface area contributed by atoms with Gasteiger partial charge in [-0.2, -0.15) is 13.2 Å². The molecule has 0 aromatic heterocycles. The molecule has 1 heterocycles. The molecule has 1 aliphatic heterocycles. The third-order valence-electron chi connectivity index (χ3n) is 3.70. The summed E-state index contributed by atoms with van der Waals surface area (Å²) < 4.78 is 38.2. The Morgan fingerprint density at radius 3 is 2.76 bits per heavy atom. The third kappa shape index (κ3) is 3.66. The number of carbonyl (C=O) groups excluding carboxylic acids is 1. The van der Waals surface area contributed by atoms with Crippen LogP contribution in [0, 0.1) is 5.92 Å². The summed E-state index contributed by atoms with van der Waals surface area (Å²) in [6.45, 7) is 2.28. The van der Waals surface area contributed by atoms with Gasteiger partial charge in [-0.15, -0.1) is 0 Å². The number of nitrogens with one attached hydrogen (secondary N) is 1. The normalized spacial score (nSPS) is 19.7. The number of alkyl halides is 3. The van der Waals surface area contributed by atoms with E-state index in [-0.39, 0.29) is 5.56 Å². The molecule has 1 saturated heterocycles. The van der Waals surface area contributed by atoms with E-state index in [9.17, 15) is 18.0 Å². The zero-order chi connectivity index (χ0) is 15.6. The second-order valence-electron chi connectivity index (χ2n) is 5.39. The molecule has 0 aliphatic carbocycles. The van der Waals surface area contributed by atoms with Crippen LogP contribution in [0.2, 0.25) is 0 Å². The van der Waals surface area contributed by atoms with Gasteiger partial charge in [0, 0.05) is 13.1 Å². The molecule has 0 spiro atoms. The number of hydrogen-bond acceptors (Lipinski definition) is 3. The number of carbonyl (C=O) groups is 1. The smallest absolute Gasteiger partial charge is 0.398 e. The Kier molecular flexibility index (Phi) is 4.41. The monoisotopic (exact) mass is 301 g/mol. The Morgan fingerprint density at radius 1 is 1.48 bits per heavy atom. The molecule has 1 aromatic rings. The zero-order valence-electron chi connectivity index (χ0n) is 11.7. The number of amides is 1. The van der Waals surface area contributed by atoms with Crippen molar-refractivity contribution in [1.82, 2.24) is 10.2 Å². The van der Waals surface area contributed by atoms with E-state index in [2.05, 4.69) is 10.2 Å². The molecule has 21 heavy (non-hydrogen) atoms. The molecule has 0 saturated carbocycles. The molecule has 2 rings (SSSR count). The maximum Gasteiger partial charge on any atom is 0.418 e. The second kappa shape index (κ2) is 5.93. The first-order chi connectivity index (χ1) is 9.79. The van der Waals surface area contributed by atoms with Crippen molar-refractivity contribution in [3.05, 3.63) is 29.3 Å². The maximum atomic E-state index is 12.7. The minimum atomic E-state index is -4.56. The van der Waals surface area contributed by atoms with E-state index in [0.29, 0.717) is 12.5 Å². The fourth-order valence-corrected chi connectivity index (χ4v) is 2.54. The van der Waals surface area contributed by atoms with Crippen molar-refractivity contribution in [1.29, 1.82) is 0 Å². The summed E-state index contributed by atoms with van der Waals surface area (Å²) in [4.78, 5) is 14.2. The number of hydrogen-bond donors (Lipinski definition) is 2. The molecule has 1 unspecified atom stereocenters. The van der Waals surface area contributed by atoms with Gasteiger partial charge >= 0.3 is 6.18 Å². The number of benzene rings is 1. The predicted octanol–water partition coefficient (Wildman–Crippen LogP) is 1.97. The van der Waals surface area contributed by atoms with Gasteiger partial charge < -0.3 is 16.0 Å². The lowest BCUT2D eigenvalue weighted by Gasteiger charge is -2.15. The first-order valence-corrected chi connectivity index (χ1v) is 6.71. The van der Waals surface area contributed by atoms with Crippen LogP contribution in [-0.4, -0.2) is 37.5 Å². The van der Waals surface area contributed by atoms with Crippen LogP contribution in [-0.2, 0) is 6.18 Å². The molecular formula is C14H18F3N3O. The lowest BCUT2D eigenvalue weighted by Crippen LogP contribution is -2.31. The Bertz CT molecular complexity index is 531. The van der Waals surface area contributed by atoms with Crippen LogP contribution in [0.5, 0.6) is 0 Å². The Morgan fingerprint density at radius 2 is 2.19 bits per heavy atom. The maximum absolute atomic E-state index is 12.7. The Hall–Kier alpha value is -1.76. The summed E-state index contributed by atoms with van der Waals surface area (Å²) in [5, 5.41) is 2.67. The predicted molar refractivity (Wildman–Crippen MR) is 73.8 cm³/mol. The summed E-state index contributed by atoms with van der Waals surface area (Å²) in [5.41, 5.74) is 3.86. The number of anilines is 1. The van der Waals surface area contributed by atoms with Crippen LogP contribution in [0.25, 0.3) is 0 Å². The molecule has 1 aromatic carbocycles. The molecular weight excluding hydrogens is 283 g/mol. The molecule has 1 amide bonds. The van der Waals surface area contributed by atoms with E-state index < -0.39 is 23.3 Å². The highest BCUT2D eigenvalue weighted by Gasteiger charge is 2.34. The van der Waals surface area contributed by atoms with E-state index in [4.69, 9.17) is 5.73 Å². The average molecular weight is 301 g/mol. The molecule has 0 radical (unpaired) electrons. The van der Waals surface area contributed by atoms with Crippen LogP contribution in [0.1, 0.15) is 22.3 Å². The molecule has 1 fully saturated rings. The molecule has 1 aliphatic rings. The molecule has 3 N–H and O–H groups in total. The lowest BCUT2D eigenvalue weighted by molar-refractivity contribution is -0.136. The van der Waals surface area contributed by atoms with E-state index in [1.54, 1.807) is 0 Å². The third-order valence-corrected chi connectivity index (χ3v) is 3.70. The lowest BCUT2D eigenvalue weighted by atomic mass is 10.1. The molecule has 4 nitrogen and oxygen atoms in total. The first-order valence-electron chi connectivity index (χ1n) is 6.71. The summed E-state index contributed by atoms with van der Waals surface area (Å²) in [6, 6.07) is 3.37. The van der Waals surface area contributed by atoms with Crippen molar-refractivity contribution in [3.63, 3.8) is 0 Å². The van der Waals surface area contributed by atoms with Crippen LogP contribution >= 0.6 is 0 Å². The first kappa shape index (κ1) is 15.6. The fourth-order valence-electron chi connectivity index (χ4n) is 2.54. The van der Waals surface area contributed by atoms with Crippen LogP contribution in [0.15, 0.2) is 18.2 Å². The quantitative estimate of drug-likeness (QED) is 0.839. The highest BCUT2D eigenvalue weighted by molar-refractivity contribution is 5.99. The standard InChI is InChI=1S/C14H18F3N3O/c1-20-6-5-9(8-20)7-19-13(21)10-3-2-4-11(12(10)18)14(15,16)17/h2-4,9H,5-8,18H2,1H3,(H,19,21). The Labute approximate surface area is 121 Å². The van der Waals surface area contributed by atoms with E-state index in [0.717, 1.165) is 25.6 Å². The van der Waals surface area contributed by atoms with Gasteiger partial charge in [0.05, 0.1) is 16.8 Å². The second-order valence-corrected chi connectivity index (χ2v) is 5.39.